The van der Waals surface area contributed by atoms with Gasteiger partial charge in [0, 0.05) is 0 Å². The van der Waals surface area contributed by atoms with Gasteiger partial charge in [-0.2, -0.15) is 11.8 Å². The third-order valence-electron chi connectivity index (χ3n) is 0.287. The van der Waals surface area contributed by atoms with Crippen LogP contribution in [0.15, 0.2) is 0 Å². The molecular formula is C3H8ClNOS. The Morgan fingerprint density at radius 3 is 2.29 bits per heavy atom. The van der Waals surface area contributed by atoms with Crippen molar-refractivity contribution in [1.29, 1.82) is 0 Å². The van der Waals surface area contributed by atoms with Crippen LogP contribution >= 0.6 is 24.2 Å². The van der Waals surface area contributed by atoms with Crippen LogP contribution in [0.1, 0.15) is 0 Å². The van der Waals surface area contributed by atoms with Crippen molar-refractivity contribution in [2.45, 2.75) is 0 Å². The summed E-state index contributed by atoms with van der Waals surface area (Å²) in [6.07, 6.45) is 1.84. The van der Waals surface area contributed by atoms with E-state index >= 15 is 0 Å². The molecule has 1 amide bonds. The molecule has 0 aromatic carbocycles. The van der Waals surface area contributed by atoms with Crippen molar-refractivity contribution < 1.29 is 4.79 Å². The van der Waals surface area contributed by atoms with Crippen LogP contribution in [0.25, 0.3) is 0 Å². The average molecular weight is 142 g/mol. The minimum atomic E-state index is -0.248. The Hall–Kier alpha value is 0.110. The number of nitrogens with two attached hydrogens (primary N) is 1. The molecule has 2 nitrogen and oxygen atoms in total. The van der Waals surface area contributed by atoms with E-state index in [0.717, 1.165) is 0 Å². The summed E-state index contributed by atoms with van der Waals surface area (Å²) in [5.41, 5.74) is 4.74. The number of halogens is 1. The molecule has 44 valence electrons. The number of amides is 1. The fourth-order valence-electron chi connectivity index (χ4n) is 0.142. The summed E-state index contributed by atoms with van der Waals surface area (Å²) in [7, 11) is 0. The molecule has 0 spiro atoms. The largest absolute Gasteiger partial charge is 0.369 e. The van der Waals surface area contributed by atoms with Gasteiger partial charge >= 0.3 is 0 Å². The molecule has 0 aromatic heterocycles. The van der Waals surface area contributed by atoms with Gasteiger partial charge in [-0.1, -0.05) is 0 Å². The quantitative estimate of drug-likeness (QED) is 0.600. The smallest absolute Gasteiger partial charge is 0.227 e. The highest BCUT2D eigenvalue weighted by atomic mass is 35.5. The standard InChI is InChI=1S/C3H7NOS.ClH/c1-6-2-3(4)5;/h2H2,1H3,(H2,4,5);1H. The minimum Gasteiger partial charge on any atom is -0.369 e. The normalized spacial score (nSPS) is 7.00. The maximum Gasteiger partial charge on any atom is 0.227 e. The number of hydrogen-bond donors (Lipinski definition) is 1. The Morgan fingerprint density at radius 1 is 1.86 bits per heavy atom. The molecular weight excluding hydrogens is 134 g/mol. The zero-order valence-electron chi connectivity index (χ0n) is 4.01. The number of primary amides is 1. The van der Waals surface area contributed by atoms with Gasteiger partial charge in [0.2, 0.25) is 5.91 Å². The van der Waals surface area contributed by atoms with Gasteiger partial charge < -0.3 is 5.73 Å². The van der Waals surface area contributed by atoms with Crippen LogP contribution < -0.4 is 5.73 Å². The number of hydrogen-bond acceptors (Lipinski definition) is 2. The second kappa shape index (κ2) is 6.11. The van der Waals surface area contributed by atoms with Crippen molar-refractivity contribution >= 4 is 30.1 Å². The van der Waals surface area contributed by atoms with Crippen molar-refractivity contribution in [2.75, 3.05) is 12.0 Å². The van der Waals surface area contributed by atoms with Crippen molar-refractivity contribution in [3.8, 4) is 0 Å². The van der Waals surface area contributed by atoms with E-state index in [-0.39, 0.29) is 18.3 Å². The second-order valence-corrected chi connectivity index (χ2v) is 1.77. The van der Waals surface area contributed by atoms with Crippen molar-refractivity contribution in [3.05, 3.63) is 0 Å². The van der Waals surface area contributed by atoms with Crippen LogP contribution in [0.4, 0.5) is 0 Å². The summed E-state index contributed by atoms with van der Waals surface area (Å²) in [5, 5.41) is 0. The summed E-state index contributed by atoms with van der Waals surface area (Å²) in [6, 6.07) is 0. The lowest BCUT2D eigenvalue weighted by Crippen LogP contribution is -2.12. The first-order valence-electron chi connectivity index (χ1n) is 1.54. The molecule has 0 radical (unpaired) electrons. The van der Waals surface area contributed by atoms with E-state index in [0.29, 0.717) is 5.75 Å². The average Bonchev–Trinajstić information content (AvgIpc) is 1.35. The highest BCUT2D eigenvalue weighted by Gasteiger charge is 1.84. The maximum atomic E-state index is 9.80. The molecule has 0 heterocycles. The molecule has 0 unspecified atom stereocenters. The number of carbonyl (C=O) groups is 1. The molecule has 0 bridgehead atoms. The third kappa shape index (κ3) is 10.7. The SMILES string of the molecule is CSCC(N)=O.Cl. The van der Waals surface area contributed by atoms with Gasteiger partial charge in [-0.3, -0.25) is 4.79 Å². The fourth-order valence-corrected chi connectivity index (χ4v) is 0.427. The lowest BCUT2D eigenvalue weighted by atomic mass is 10.8. The third-order valence-corrected chi connectivity index (χ3v) is 0.860. The van der Waals surface area contributed by atoms with Crippen LogP contribution in [-0.2, 0) is 4.79 Å². The Labute approximate surface area is 53.2 Å². The fraction of sp³-hybridized carbons (Fsp3) is 0.667. The van der Waals surface area contributed by atoms with Gasteiger partial charge in [-0.15, -0.1) is 12.4 Å². The van der Waals surface area contributed by atoms with E-state index in [4.69, 9.17) is 5.73 Å². The summed E-state index contributed by atoms with van der Waals surface area (Å²) in [4.78, 5) is 9.80. The van der Waals surface area contributed by atoms with E-state index in [2.05, 4.69) is 0 Å². The van der Waals surface area contributed by atoms with Crippen molar-refractivity contribution in [3.63, 3.8) is 0 Å². The molecule has 7 heavy (non-hydrogen) atoms. The van der Waals surface area contributed by atoms with Gasteiger partial charge in [0.15, 0.2) is 0 Å². The van der Waals surface area contributed by atoms with E-state index in [9.17, 15) is 4.79 Å². The monoisotopic (exact) mass is 141 g/mol. The molecule has 0 saturated heterocycles. The van der Waals surface area contributed by atoms with Gasteiger partial charge in [0.05, 0.1) is 5.75 Å². The van der Waals surface area contributed by atoms with E-state index in [1.807, 2.05) is 6.26 Å². The first-order chi connectivity index (χ1) is 2.77. The van der Waals surface area contributed by atoms with Crippen LogP contribution in [-0.4, -0.2) is 17.9 Å². The molecule has 4 heteroatoms. The van der Waals surface area contributed by atoms with Crippen molar-refractivity contribution in [1.82, 2.24) is 0 Å². The van der Waals surface area contributed by atoms with Crippen molar-refractivity contribution in [2.24, 2.45) is 5.73 Å². The predicted molar refractivity (Wildman–Crippen MR) is 34.8 cm³/mol. The molecule has 0 fully saturated rings. The molecule has 0 aliphatic heterocycles. The van der Waals surface area contributed by atoms with Crippen LogP contribution in [0.2, 0.25) is 0 Å². The Kier molecular flexibility index (Phi) is 8.87. The molecule has 2 N–H and O–H groups in total. The summed E-state index contributed by atoms with van der Waals surface area (Å²) in [6.45, 7) is 0. The lowest BCUT2D eigenvalue weighted by molar-refractivity contribution is -0.115. The van der Waals surface area contributed by atoms with E-state index < -0.39 is 0 Å². The van der Waals surface area contributed by atoms with Crippen LogP contribution in [0, 0.1) is 0 Å². The first-order valence-corrected chi connectivity index (χ1v) is 2.94. The molecule has 0 rings (SSSR count). The van der Waals surface area contributed by atoms with Gasteiger partial charge in [0.25, 0.3) is 0 Å². The zero-order chi connectivity index (χ0) is 4.99. The molecule has 0 aliphatic carbocycles. The van der Waals surface area contributed by atoms with Gasteiger partial charge in [-0.25, -0.2) is 0 Å². The second-order valence-electron chi connectivity index (χ2n) is 0.899. The maximum absolute atomic E-state index is 9.80. The summed E-state index contributed by atoms with van der Waals surface area (Å²) < 4.78 is 0. The molecule has 0 aliphatic rings. The topological polar surface area (TPSA) is 43.1 Å². The lowest BCUT2D eigenvalue weighted by Gasteiger charge is -1.81. The molecule has 0 atom stereocenters. The molecule has 0 aromatic rings. The Morgan fingerprint density at radius 2 is 2.29 bits per heavy atom. The number of thioether (sulfide) groups is 1. The summed E-state index contributed by atoms with van der Waals surface area (Å²) >= 11 is 1.44. The number of rotatable bonds is 2. The molecule has 0 saturated carbocycles. The zero-order valence-corrected chi connectivity index (χ0v) is 5.64. The van der Waals surface area contributed by atoms with E-state index in [1.165, 1.54) is 11.8 Å². The van der Waals surface area contributed by atoms with E-state index in [1.54, 1.807) is 0 Å². The van der Waals surface area contributed by atoms with Crippen LogP contribution in [0.5, 0.6) is 0 Å². The van der Waals surface area contributed by atoms with Gasteiger partial charge in [-0.05, 0) is 6.26 Å². The Balaban J connectivity index is 0. The highest BCUT2D eigenvalue weighted by molar-refractivity contribution is 7.99. The number of carbonyl (C=O) groups excluding carboxylic acids is 1. The van der Waals surface area contributed by atoms with Crippen LogP contribution in [0.3, 0.4) is 0 Å². The summed E-state index contributed by atoms with van der Waals surface area (Å²) in [5.74, 6) is 0.183. The predicted octanol–water partition coefficient (Wildman–Crippen LogP) is 0.257. The minimum absolute atomic E-state index is 0. The highest BCUT2D eigenvalue weighted by Crippen LogP contribution is 1.85. The van der Waals surface area contributed by atoms with Gasteiger partial charge in [0.1, 0.15) is 0 Å². The first kappa shape index (κ1) is 10.2. The Bertz CT molecular complexity index is 58.9.